The van der Waals surface area contributed by atoms with Crippen LogP contribution in [0.5, 0.6) is 0 Å². The monoisotopic (exact) mass is 448 g/mol. The Hall–Kier alpha value is -3.83. The predicted molar refractivity (Wildman–Crippen MR) is 137 cm³/mol. The number of nitrogens with one attached hydrogen (secondary N) is 1. The highest BCUT2D eigenvalue weighted by Gasteiger charge is 2.08. The number of anilines is 1. The summed E-state index contributed by atoms with van der Waals surface area (Å²) in [7, 11) is 0. The first-order chi connectivity index (χ1) is 16.1. The summed E-state index contributed by atoms with van der Waals surface area (Å²) in [5, 5.41) is 6.59. The zero-order valence-corrected chi connectivity index (χ0v) is 19.4. The highest BCUT2D eigenvalue weighted by Crippen LogP contribution is 2.29. The first-order valence-electron chi connectivity index (χ1n) is 10.9. The lowest BCUT2D eigenvalue weighted by atomic mass is 10.1. The first kappa shape index (κ1) is 21.0. The van der Waals surface area contributed by atoms with Crippen molar-refractivity contribution in [1.82, 2.24) is 15.0 Å². The highest BCUT2D eigenvalue weighted by molar-refractivity contribution is 7.13. The van der Waals surface area contributed by atoms with Crippen LogP contribution < -0.4 is 5.32 Å². The molecule has 0 unspecified atom stereocenters. The van der Waals surface area contributed by atoms with Crippen molar-refractivity contribution in [2.75, 3.05) is 5.32 Å². The van der Waals surface area contributed by atoms with Crippen LogP contribution in [-0.4, -0.2) is 15.0 Å². The second kappa shape index (κ2) is 9.35. The number of aryl methyl sites for hydroxylation is 2. The number of rotatable bonds is 6. The van der Waals surface area contributed by atoms with Gasteiger partial charge in [-0.25, -0.2) is 15.0 Å². The number of aromatic nitrogens is 3. The number of nitrogens with zero attached hydrogens (tertiary/aromatic N) is 3. The van der Waals surface area contributed by atoms with Crippen LogP contribution in [0.3, 0.4) is 0 Å². The minimum absolute atomic E-state index is 0.692. The van der Waals surface area contributed by atoms with Crippen LogP contribution in [0.4, 0.5) is 5.82 Å². The largest absolute Gasteiger partial charge is 0.366 e. The first-order valence-corrected chi connectivity index (χ1v) is 11.8. The van der Waals surface area contributed by atoms with E-state index in [2.05, 4.69) is 88.3 Å². The van der Waals surface area contributed by atoms with Gasteiger partial charge in [0.1, 0.15) is 16.6 Å². The van der Waals surface area contributed by atoms with Crippen molar-refractivity contribution in [2.45, 2.75) is 20.4 Å². The average Bonchev–Trinajstić information content (AvgIpc) is 3.34. The summed E-state index contributed by atoms with van der Waals surface area (Å²) < 4.78 is 0. The van der Waals surface area contributed by atoms with E-state index in [0.717, 1.165) is 44.7 Å². The molecule has 2 aromatic heterocycles. The number of thiazole rings is 1. The molecular weight excluding hydrogens is 424 g/mol. The van der Waals surface area contributed by atoms with Crippen molar-refractivity contribution in [2.24, 2.45) is 0 Å². The molecule has 33 heavy (non-hydrogen) atoms. The zero-order valence-electron chi connectivity index (χ0n) is 18.6. The third kappa shape index (κ3) is 4.99. The lowest BCUT2D eigenvalue weighted by Gasteiger charge is -2.09. The fourth-order valence-corrected chi connectivity index (χ4v) is 4.47. The smallest absolute Gasteiger partial charge is 0.130 e. The van der Waals surface area contributed by atoms with Crippen LogP contribution in [0.25, 0.3) is 33.1 Å². The summed E-state index contributed by atoms with van der Waals surface area (Å²) in [4.78, 5) is 14.0. The Morgan fingerprint density at radius 1 is 0.697 bits per heavy atom. The molecule has 2 heterocycles. The van der Waals surface area contributed by atoms with Gasteiger partial charge >= 0.3 is 0 Å². The normalized spacial score (nSPS) is 10.8. The molecule has 5 rings (SSSR count). The molecule has 0 aliphatic heterocycles. The molecule has 0 saturated heterocycles. The summed E-state index contributed by atoms with van der Waals surface area (Å²) in [6, 6.07) is 29.2. The van der Waals surface area contributed by atoms with Crippen LogP contribution >= 0.6 is 11.3 Å². The maximum Gasteiger partial charge on any atom is 0.130 e. The van der Waals surface area contributed by atoms with E-state index in [0.29, 0.717) is 6.54 Å². The van der Waals surface area contributed by atoms with E-state index in [1.807, 2.05) is 31.2 Å². The molecule has 0 aliphatic carbocycles. The summed E-state index contributed by atoms with van der Waals surface area (Å²) in [6.45, 7) is 4.70. The summed E-state index contributed by atoms with van der Waals surface area (Å²) in [5.41, 5.74) is 7.74. The standard InChI is InChI=1S/C28H24N4S/c1-19-8-12-23(13-9-19)25-16-27(31-20(2)30-25)29-17-21-10-14-24(15-11-21)28-32-26(18-33-28)22-6-4-3-5-7-22/h3-16,18H,17H2,1-2H3,(H,29,30,31). The number of hydrogen-bond acceptors (Lipinski definition) is 5. The predicted octanol–water partition coefficient (Wildman–Crippen LogP) is 7.16. The van der Waals surface area contributed by atoms with Gasteiger partial charge in [-0.15, -0.1) is 11.3 Å². The van der Waals surface area contributed by atoms with E-state index < -0.39 is 0 Å². The van der Waals surface area contributed by atoms with Gasteiger partial charge in [0.25, 0.3) is 0 Å². The van der Waals surface area contributed by atoms with E-state index in [1.165, 1.54) is 11.1 Å². The van der Waals surface area contributed by atoms with E-state index in [9.17, 15) is 0 Å². The highest BCUT2D eigenvalue weighted by atomic mass is 32.1. The lowest BCUT2D eigenvalue weighted by Crippen LogP contribution is -2.04. The van der Waals surface area contributed by atoms with Crippen molar-refractivity contribution in [3.05, 3.63) is 107 Å². The molecule has 1 N–H and O–H groups in total. The summed E-state index contributed by atoms with van der Waals surface area (Å²) in [5.74, 6) is 1.58. The molecule has 0 aliphatic rings. The minimum atomic E-state index is 0.692. The van der Waals surface area contributed by atoms with Crippen molar-refractivity contribution in [1.29, 1.82) is 0 Å². The molecule has 162 valence electrons. The van der Waals surface area contributed by atoms with Crippen molar-refractivity contribution >= 4 is 17.2 Å². The number of benzene rings is 3. The van der Waals surface area contributed by atoms with Gasteiger partial charge in [0, 0.05) is 34.7 Å². The third-order valence-corrected chi connectivity index (χ3v) is 6.32. The van der Waals surface area contributed by atoms with Crippen molar-refractivity contribution in [3.63, 3.8) is 0 Å². The molecule has 0 bridgehead atoms. The van der Waals surface area contributed by atoms with Gasteiger partial charge in [-0.1, -0.05) is 84.4 Å². The van der Waals surface area contributed by atoms with Crippen LogP contribution in [0.1, 0.15) is 17.0 Å². The molecule has 0 amide bonds. The van der Waals surface area contributed by atoms with Crippen LogP contribution in [-0.2, 0) is 6.54 Å². The second-order valence-corrected chi connectivity index (χ2v) is 8.86. The molecule has 0 fully saturated rings. The molecule has 4 nitrogen and oxygen atoms in total. The Bertz CT molecular complexity index is 1360. The Morgan fingerprint density at radius 2 is 1.39 bits per heavy atom. The number of hydrogen-bond donors (Lipinski definition) is 1. The molecule has 0 saturated carbocycles. The van der Waals surface area contributed by atoms with Gasteiger partial charge in [0.2, 0.25) is 0 Å². The fourth-order valence-electron chi connectivity index (χ4n) is 3.64. The quantitative estimate of drug-likeness (QED) is 0.299. The molecule has 0 atom stereocenters. The molecule has 5 aromatic rings. The Kier molecular flexibility index (Phi) is 5.96. The topological polar surface area (TPSA) is 50.7 Å². The van der Waals surface area contributed by atoms with Gasteiger partial charge in [-0.05, 0) is 19.4 Å². The fraction of sp³-hybridized carbons (Fsp3) is 0.107. The lowest BCUT2D eigenvalue weighted by molar-refractivity contribution is 1.03. The van der Waals surface area contributed by atoms with E-state index in [1.54, 1.807) is 11.3 Å². The van der Waals surface area contributed by atoms with Gasteiger partial charge in [0.05, 0.1) is 11.4 Å². The van der Waals surface area contributed by atoms with Crippen LogP contribution in [0.15, 0.2) is 90.3 Å². The maximum atomic E-state index is 4.81. The molecule has 3 aromatic carbocycles. The zero-order chi connectivity index (χ0) is 22.6. The third-order valence-electron chi connectivity index (χ3n) is 5.43. The van der Waals surface area contributed by atoms with Gasteiger partial charge in [-0.2, -0.15) is 0 Å². The maximum absolute atomic E-state index is 4.81. The Balaban J connectivity index is 1.28. The summed E-state index contributed by atoms with van der Waals surface area (Å²) in [6.07, 6.45) is 0. The van der Waals surface area contributed by atoms with Gasteiger partial charge in [0.15, 0.2) is 0 Å². The van der Waals surface area contributed by atoms with Gasteiger partial charge in [-0.3, -0.25) is 0 Å². The van der Waals surface area contributed by atoms with Crippen LogP contribution in [0, 0.1) is 13.8 Å². The molecule has 5 heteroatoms. The average molecular weight is 449 g/mol. The van der Waals surface area contributed by atoms with Crippen molar-refractivity contribution in [3.8, 4) is 33.1 Å². The Labute approximate surface area is 198 Å². The van der Waals surface area contributed by atoms with E-state index in [-0.39, 0.29) is 0 Å². The van der Waals surface area contributed by atoms with Gasteiger partial charge < -0.3 is 5.32 Å². The van der Waals surface area contributed by atoms with Crippen molar-refractivity contribution < 1.29 is 0 Å². The van der Waals surface area contributed by atoms with E-state index in [4.69, 9.17) is 4.98 Å². The molecule has 0 spiro atoms. The minimum Gasteiger partial charge on any atom is -0.366 e. The molecular formula is C28H24N4S. The molecule has 0 radical (unpaired) electrons. The summed E-state index contributed by atoms with van der Waals surface area (Å²) >= 11 is 1.67. The Morgan fingerprint density at radius 3 is 2.15 bits per heavy atom. The SMILES string of the molecule is Cc1ccc(-c2cc(NCc3ccc(-c4nc(-c5ccccc5)cs4)cc3)nc(C)n2)cc1. The van der Waals surface area contributed by atoms with Crippen LogP contribution in [0.2, 0.25) is 0 Å². The second-order valence-electron chi connectivity index (χ2n) is 8.01. The van der Waals surface area contributed by atoms with E-state index >= 15 is 0 Å².